The minimum absolute atomic E-state index is 0.0611. The largest absolute Gasteiger partial charge is 0.497 e. The standard InChI is InChI=1S/C24H25NO5/c1-16(2)23(18-9-11-19(28-3)12-10-18)25-24(27)21-13-20(26)22(15-30-21)29-14-17-7-5-4-6-8-17/h4-13,15-16,23H,14H2,1-3H3,(H,25,27)/t23-/m0/s1. The van der Waals surface area contributed by atoms with Crippen molar-refractivity contribution in [2.75, 3.05) is 7.11 Å². The summed E-state index contributed by atoms with van der Waals surface area (Å²) in [7, 11) is 1.60. The van der Waals surface area contributed by atoms with Gasteiger partial charge in [0.2, 0.25) is 11.2 Å². The molecule has 6 nitrogen and oxygen atoms in total. The molecule has 3 aromatic rings. The fraction of sp³-hybridized carbons (Fsp3) is 0.250. The molecular formula is C24H25NO5. The maximum Gasteiger partial charge on any atom is 0.287 e. The van der Waals surface area contributed by atoms with E-state index in [9.17, 15) is 9.59 Å². The van der Waals surface area contributed by atoms with Crippen LogP contribution in [0, 0.1) is 5.92 Å². The Hall–Kier alpha value is -3.54. The van der Waals surface area contributed by atoms with Crippen LogP contribution in [0.4, 0.5) is 0 Å². The highest BCUT2D eigenvalue weighted by molar-refractivity contribution is 5.91. The minimum Gasteiger partial charge on any atom is -0.497 e. The van der Waals surface area contributed by atoms with Gasteiger partial charge in [-0.15, -0.1) is 0 Å². The molecule has 0 saturated carbocycles. The second kappa shape index (κ2) is 9.78. The fourth-order valence-electron chi connectivity index (χ4n) is 3.02. The smallest absolute Gasteiger partial charge is 0.287 e. The fourth-order valence-corrected chi connectivity index (χ4v) is 3.02. The van der Waals surface area contributed by atoms with Gasteiger partial charge in [0.1, 0.15) is 18.6 Å². The molecule has 6 heteroatoms. The van der Waals surface area contributed by atoms with E-state index in [-0.39, 0.29) is 30.1 Å². The average molecular weight is 407 g/mol. The molecule has 0 aliphatic carbocycles. The zero-order valence-corrected chi connectivity index (χ0v) is 17.3. The normalized spacial score (nSPS) is 11.7. The maximum atomic E-state index is 12.7. The van der Waals surface area contributed by atoms with Crippen LogP contribution < -0.4 is 20.2 Å². The van der Waals surface area contributed by atoms with Gasteiger partial charge in [0.05, 0.1) is 13.2 Å². The molecule has 0 bridgehead atoms. The number of ether oxygens (including phenoxy) is 2. The van der Waals surface area contributed by atoms with Gasteiger partial charge in [-0.25, -0.2) is 0 Å². The molecule has 0 spiro atoms. The SMILES string of the molecule is COc1ccc([C@@H](NC(=O)c2cc(=O)c(OCc3ccccc3)co2)C(C)C)cc1. The Morgan fingerprint density at radius 3 is 2.37 bits per heavy atom. The van der Waals surface area contributed by atoms with E-state index < -0.39 is 11.3 Å². The first kappa shape index (κ1) is 21.2. The van der Waals surface area contributed by atoms with Crippen molar-refractivity contribution >= 4 is 5.91 Å². The topological polar surface area (TPSA) is 77.8 Å². The number of carbonyl (C=O) groups excluding carboxylic acids is 1. The van der Waals surface area contributed by atoms with E-state index >= 15 is 0 Å². The first-order valence-electron chi connectivity index (χ1n) is 9.72. The molecule has 30 heavy (non-hydrogen) atoms. The lowest BCUT2D eigenvalue weighted by molar-refractivity contribution is 0.0894. The summed E-state index contributed by atoms with van der Waals surface area (Å²) >= 11 is 0. The average Bonchev–Trinajstić information content (AvgIpc) is 2.77. The van der Waals surface area contributed by atoms with Gasteiger partial charge in [-0.1, -0.05) is 56.3 Å². The summed E-state index contributed by atoms with van der Waals surface area (Å²) in [5, 5.41) is 2.94. The summed E-state index contributed by atoms with van der Waals surface area (Å²) in [6.07, 6.45) is 1.18. The number of rotatable bonds is 8. The predicted molar refractivity (Wildman–Crippen MR) is 114 cm³/mol. The van der Waals surface area contributed by atoms with E-state index in [0.717, 1.165) is 22.9 Å². The highest BCUT2D eigenvalue weighted by atomic mass is 16.5. The van der Waals surface area contributed by atoms with E-state index in [1.54, 1.807) is 7.11 Å². The highest BCUT2D eigenvalue weighted by Gasteiger charge is 2.21. The lowest BCUT2D eigenvalue weighted by atomic mass is 9.96. The molecule has 1 atom stereocenters. The van der Waals surface area contributed by atoms with E-state index in [1.807, 2.05) is 68.4 Å². The molecule has 1 aromatic heterocycles. The molecule has 2 aromatic carbocycles. The van der Waals surface area contributed by atoms with Gasteiger partial charge in [-0.05, 0) is 29.2 Å². The van der Waals surface area contributed by atoms with Crippen molar-refractivity contribution in [2.24, 2.45) is 5.92 Å². The molecule has 0 radical (unpaired) electrons. The minimum atomic E-state index is -0.462. The van der Waals surface area contributed by atoms with Crippen molar-refractivity contribution in [3.8, 4) is 11.5 Å². The van der Waals surface area contributed by atoms with E-state index in [1.165, 1.54) is 6.26 Å². The molecule has 1 N–H and O–H groups in total. The van der Waals surface area contributed by atoms with Crippen LogP contribution in [0.25, 0.3) is 0 Å². The Labute approximate surface area is 175 Å². The molecule has 156 valence electrons. The Bertz CT molecular complexity index is 1030. The van der Waals surface area contributed by atoms with E-state index in [4.69, 9.17) is 13.9 Å². The third kappa shape index (κ3) is 5.29. The molecular weight excluding hydrogens is 382 g/mol. The number of methoxy groups -OCH3 is 1. The first-order chi connectivity index (χ1) is 14.5. The molecule has 0 fully saturated rings. The van der Waals surface area contributed by atoms with Crippen molar-refractivity contribution < 1.29 is 18.7 Å². The monoisotopic (exact) mass is 407 g/mol. The van der Waals surface area contributed by atoms with Crippen LogP contribution in [0.1, 0.15) is 41.6 Å². The van der Waals surface area contributed by atoms with Crippen molar-refractivity contribution in [1.82, 2.24) is 5.32 Å². The second-order valence-corrected chi connectivity index (χ2v) is 7.22. The molecule has 0 aliphatic heterocycles. The third-order valence-corrected chi connectivity index (χ3v) is 4.69. The van der Waals surface area contributed by atoms with Gasteiger partial charge in [0.15, 0.2) is 5.76 Å². The summed E-state index contributed by atoms with van der Waals surface area (Å²) in [6, 6.07) is 17.9. The van der Waals surface area contributed by atoms with Crippen molar-refractivity contribution in [1.29, 1.82) is 0 Å². The summed E-state index contributed by atoms with van der Waals surface area (Å²) < 4.78 is 16.1. The molecule has 3 rings (SSSR count). The van der Waals surface area contributed by atoms with Crippen LogP contribution >= 0.6 is 0 Å². The maximum absolute atomic E-state index is 12.7. The third-order valence-electron chi connectivity index (χ3n) is 4.69. The number of nitrogens with one attached hydrogen (secondary N) is 1. The van der Waals surface area contributed by atoms with Crippen molar-refractivity contribution in [2.45, 2.75) is 26.5 Å². The Balaban J connectivity index is 1.70. The van der Waals surface area contributed by atoms with Crippen LogP contribution in [-0.2, 0) is 6.61 Å². The first-order valence-corrected chi connectivity index (χ1v) is 9.72. The Morgan fingerprint density at radius 1 is 1.07 bits per heavy atom. The van der Waals surface area contributed by atoms with Crippen molar-refractivity contribution in [3.63, 3.8) is 0 Å². The number of benzene rings is 2. The van der Waals surface area contributed by atoms with Gasteiger partial charge in [0.25, 0.3) is 5.91 Å². The quantitative estimate of drug-likeness (QED) is 0.600. The van der Waals surface area contributed by atoms with Gasteiger partial charge >= 0.3 is 0 Å². The van der Waals surface area contributed by atoms with E-state index in [0.29, 0.717) is 0 Å². The molecule has 1 heterocycles. The van der Waals surface area contributed by atoms with Crippen LogP contribution in [0.3, 0.4) is 0 Å². The van der Waals surface area contributed by atoms with Gasteiger partial charge in [-0.2, -0.15) is 0 Å². The van der Waals surface area contributed by atoms with Crippen molar-refractivity contribution in [3.05, 3.63) is 94.0 Å². The lowest BCUT2D eigenvalue weighted by Gasteiger charge is -2.22. The number of amides is 1. The second-order valence-electron chi connectivity index (χ2n) is 7.22. The van der Waals surface area contributed by atoms with Gasteiger partial charge < -0.3 is 19.2 Å². The summed E-state index contributed by atoms with van der Waals surface area (Å²) in [5.74, 6) is 0.403. The molecule has 1 amide bonds. The summed E-state index contributed by atoms with van der Waals surface area (Å²) in [6.45, 7) is 4.25. The molecule has 0 aliphatic rings. The highest BCUT2D eigenvalue weighted by Crippen LogP contribution is 2.24. The number of hydrogen-bond acceptors (Lipinski definition) is 5. The van der Waals surface area contributed by atoms with Gasteiger partial charge in [0, 0.05) is 6.07 Å². The van der Waals surface area contributed by atoms with E-state index in [2.05, 4.69) is 5.32 Å². The summed E-state index contributed by atoms with van der Waals surface area (Å²) in [4.78, 5) is 25.0. The Kier molecular flexibility index (Phi) is 6.91. The Morgan fingerprint density at radius 2 is 1.77 bits per heavy atom. The predicted octanol–water partition coefficient (Wildman–Crippen LogP) is 4.35. The number of hydrogen-bond donors (Lipinski definition) is 1. The van der Waals surface area contributed by atoms with Gasteiger partial charge in [-0.3, -0.25) is 9.59 Å². The zero-order valence-electron chi connectivity index (χ0n) is 17.3. The van der Waals surface area contributed by atoms with Crippen LogP contribution in [0.5, 0.6) is 11.5 Å². The molecule has 0 unspecified atom stereocenters. The zero-order chi connectivity index (χ0) is 21.5. The van der Waals surface area contributed by atoms with Crippen LogP contribution in [0.15, 0.2) is 76.1 Å². The summed E-state index contributed by atoms with van der Waals surface area (Å²) in [5.41, 5.74) is 1.45. The molecule has 0 saturated heterocycles. The van der Waals surface area contributed by atoms with Crippen LogP contribution in [0.2, 0.25) is 0 Å². The lowest BCUT2D eigenvalue weighted by Crippen LogP contribution is -2.32. The van der Waals surface area contributed by atoms with Crippen LogP contribution in [-0.4, -0.2) is 13.0 Å². The number of carbonyl (C=O) groups is 1.